The Hall–Kier alpha value is -5.59. The number of hydrogen-bond donors (Lipinski definition) is 1. The zero-order chi connectivity index (χ0) is 30.8. The molecule has 44 heavy (non-hydrogen) atoms. The van der Waals surface area contributed by atoms with Crippen LogP contribution in [0.25, 0.3) is 0 Å². The number of aryl methyl sites for hydroxylation is 2. The molecule has 2 heterocycles. The molecule has 1 amide bonds. The summed E-state index contributed by atoms with van der Waals surface area (Å²) in [6, 6.07) is 38.4. The van der Waals surface area contributed by atoms with Crippen LogP contribution in [0.1, 0.15) is 50.0 Å². The fraction of sp³-hybridized carbons (Fsp3) is 0.184. The second kappa shape index (κ2) is 9.73. The van der Waals surface area contributed by atoms with Crippen molar-refractivity contribution < 1.29 is 9.59 Å². The number of amides is 1. The lowest BCUT2D eigenvalue weighted by Gasteiger charge is -2.51. The van der Waals surface area contributed by atoms with Gasteiger partial charge in [-0.3, -0.25) is 19.9 Å². The SMILES string of the molecule is Cc1ccc([C@@H]2C3[C@]2(C#N)C(=O)N2C(=N)C(C#N)=C(C(=O)c4ccccc4)[C@H](c4ccc(C)cc4)[C@]32c2ccccc2)cc1. The molecule has 0 radical (unpaired) electrons. The molecule has 3 aliphatic rings. The first kappa shape index (κ1) is 27.3. The summed E-state index contributed by atoms with van der Waals surface area (Å²) >= 11 is 0. The monoisotopic (exact) mass is 572 g/mol. The van der Waals surface area contributed by atoms with Crippen LogP contribution in [-0.2, 0) is 10.3 Å². The molecule has 6 heteroatoms. The van der Waals surface area contributed by atoms with Gasteiger partial charge in [-0.05, 0) is 30.5 Å². The van der Waals surface area contributed by atoms with Crippen molar-refractivity contribution in [2.24, 2.45) is 11.3 Å². The number of hydrogen-bond acceptors (Lipinski definition) is 5. The van der Waals surface area contributed by atoms with Crippen LogP contribution in [-0.4, -0.2) is 22.4 Å². The van der Waals surface area contributed by atoms with Crippen molar-refractivity contribution in [3.63, 3.8) is 0 Å². The van der Waals surface area contributed by atoms with Gasteiger partial charge in [0.1, 0.15) is 22.9 Å². The lowest BCUT2D eigenvalue weighted by molar-refractivity contribution is -0.132. The molecule has 212 valence electrons. The minimum absolute atomic E-state index is 0.148. The number of fused-ring (bicyclic) bond motifs is 3. The highest BCUT2D eigenvalue weighted by Crippen LogP contribution is 2.80. The van der Waals surface area contributed by atoms with E-state index in [-0.39, 0.29) is 22.8 Å². The van der Waals surface area contributed by atoms with Gasteiger partial charge in [0.2, 0.25) is 0 Å². The van der Waals surface area contributed by atoms with Crippen LogP contribution < -0.4 is 0 Å². The molecule has 2 fully saturated rings. The maximum absolute atomic E-state index is 14.8. The number of carbonyl (C=O) groups is 2. The Morgan fingerprint density at radius 2 is 1.34 bits per heavy atom. The van der Waals surface area contributed by atoms with Gasteiger partial charge < -0.3 is 0 Å². The van der Waals surface area contributed by atoms with Crippen molar-refractivity contribution in [3.8, 4) is 12.1 Å². The molecular formula is C38H28N4O2. The predicted molar refractivity (Wildman–Crippen MR) is 165 cm³/mol. The van der Waals surface area contributed by atoms with Crippen molar-refractivity contribution >= 4 is 17.5 Å². The van der Waals surface area contributed by atoms with Crippen LogP contribution in [0.4, 0.5) is 0 Å². The molecule has 1 aliphatic carbocycles. The predicted octanol–water partition coefficient (Wildman–Crippen LogP) is 6.74. The summed E-state index contributed by atoms with van der Waals surface area (Å²) in [7, 11) is 0. The van der Waals surface area contributed by atoms with Gasteiger partial charge >= 0.3 is 0 Å². The highest BCUT2D eigenvalue weighted by Gasteiger charge is 2.87. The second-order valence-corrected chi connectivity index (χ2v) is 12.0. The smallest absolute Gasteiger partial charge is 0.250 e. The Balaban J connectivity index is 1.60. The van der Waals surface area contributed by atoms with Crippen LogP contribution in [0.2, 0.25) is 0 Å². The molecule has 0 spiro atoms. The summed E-state index contributed by atoms with van der Waals surface area (Å²) in [6.45, 7) is 3.96. The van der Waals surface area contributed by atoms with Gasteiger partial charge in [0.25, 0.3) is 5.91 Å². The van der Waals surface area contributed by atoms with Gasteiger partial charge in [-0.2, -0.15) is 10.5 Å². The topological polar surface area (TPSA) is 109 Å². The standard InChI is InChI=1S/C38H28N4O2/c1-23-13-17-25(18-14-23)31-30(33(43)27-9-5-3-6-10-27)29(21-39)35(41)42-36(44)37(22-40)32(26-19-15-24(2)16-20-26)34(37)38(31,42)28-11-7-4-8-12-28/h3-20,31-32,34,41H,1-2H3/t31-,32+,34?,37+,38+/m0/s1. The minimum Gasteiger partial charge on any atom is -0.289 e. The summed E-state index contributed by atoms with van der Waals surface area (Å²) < 4.78 is 0. The van der Waals surface area contributed by atoms with E-state index < -0.39 is 34.6 Å². The number of benzene rings is 4. The minimum atomic E-state index is -1.47. The molecule has 4 aromatic carbocycles. The molecule has 0 aromatic heterocycles. The fourth-order valence-corrected chi connectivity index (χ4v) is 7.83. The van der Waals surface area contributed by atoms with Gasteiger partial charge in [0.05, 0.1) is 11.6 Å². The van der Waals surface area contributed by atoms with Crippen LogP contribution in [0.15, 0.2) is 120 Å². The van der Waals surface area contributed by atoms with E-state index in [9.17, 15) is 25.5 Å². The number of amidine groups is 1. The van der Waals surface area contributed by atoms with Gasteiger partial charge in [-0.1, -0.05) is 120 Å². The number of ketones is 1. The van der Waals surface area contributed by atoms with Gasteiger partial charge in [0, 0.05) is 28.9 Å². The van der Waals surface area contributed by atoms with Crippen LogP contribution >= 0.6 is 0 Å². The average molecular weight is 573 g/mol. The van der Waals surface area contributed by atoms with Crippen molar-refractivity contribution in [2.75, 3.05) is 0 Å². The first-order valence-electron chi connectivity index (χ1n) is 14.6. The van der Waals surface area contributed by atoms with E-state index in [2.05, 4.69) is 12.1 Å². The number of Topliss-reactive ketones (excluding diaryl/α,β-unsaturated/α-hetero) is 1. The van der Waals surface area contributed by atoms with Crippen molar-refractivity contribution in [3.05, 3.63) is 154 Å². The molecule has 1 N–H and O–H groups in total. The summed E-state index contributed by atoms with van der Waals surface area (Å²) in [4.78, 5) is 30.7. The van der Waals surface area contributed by atoms with E-state index in [0.29, 0.717) is 5.56 Å². The Morgan fingerprint density at radius 1 is 0.795 bits per heavy atom. The van der Waals surface area contributed by atoms with Crippen molar-refractivity contribution in [1.29, 1.82) is 15.9 Å². The quantitative estimate of drug-likeness (QED) is 0.267. The Kier molecular flexibility index (Phi) is 6.02. The third-order valence-corrected chi connectivity index (χ3v) is 9.73. The average Bonchev–Trinajstić information content (AvgIpc) is 3.69. The van der Waals surface area contributed by atoms with Crippen molar-refractivity contribution in [2.45, 2.75) is 31.2 Å². The molecule has 1 unspecified atom stereocenters. The maximum Gasteiger partial charge on any atom is 0.250 e. The number of nitriles is 2. The van der Waals surface area contributed by atoms with Gasteiger partial charge in [0.15, 0.2) is 5.78 Å². The zero-order valence-corrected chi connectivity index (χ0v) is 24.3. The van der Waals surface area contributed by atoms with E-state index in [0.717, 1.165) is 27.8 Å². The van der Waals surface area contributed by atoms with E-state index in [4.69, 9.17) is 0 Å². The van der Waals surface area contributed by atoms with Gasteiger partial charge in [-0.25, -0.2) is 0 Å². The van der Waals surface area contributed by atoms with Crippen LogP contribution in [0.5, 0.6) is 0 Å². The Morgan fingerprint density at radius 3 is 1.89 bits per heavy atom. The highest BCUT2D eigenvalue weighted by atomic mass is 16.2. The molecular weight excluding hydrogens is 544 g/mol. The van der Waals surface area contributed by atoms with Crippen LogP contribution in [0, 0.1) is 53.3 Å². The first-order chi connectivity index (χ1) is 21.3. The normalized spacial score (nSPS) is 26.8. The largest absolute Gasteiger partial charge is 0.289 e. The van der Waals surface area contributed by atoms with Crippen LogP contribution in [0.3, 0.4) is 0 Å². The third kappa shape index (κ3) is 3.43. The summed E-state index contributed by atoms with van der Waals surface area (Å²) in [5.41, 5.74) is 2.02. The molecule has 5 atom stereocenters. The third-order valence-electron chi connectivity index (χ3n) is 9.73. The molecule has 7 rings (SSSR count). The zero-order valence-electron chi connectivity index (χ0n) is 24.3. The van der Waals surface area contributed by atoms with E-state index in [1.807, 2.05) is 98.8 Å². The van der Waals surface area contributed by atoms with Gasteiger partial charge in [-0.15, -0.1) is 0 Å². The number of piperidine rings is 1. The Labute approximate surface area is 256 Å². The Bertz CT molecular complexity index is 1970. The molecule has 1 saturated carbocycles. The molecule has 2 aliphatic heterocycles. The number of rotatable bonds is 5. The molecule has 1 saturated heterocycles. The molecule has 6 nitrogen and oxygen atoms in total. The summed E-state index contributed by atoms with van der Waals surface area (Å²) in [5, 5.41) is 30.8. The summed E-state index contributed by atoms with van der Waals surface area (Å²) in [5.74, 6) is -3.10. The van der Waals surface area contributed by atoms with E-state index in [1.54, 1.807) is 24.3 Å². The van der Waals surface area contributed by atoms with Crippen molar-refractivity contribution in [1.82, 2.24) is 4.90 Å². The fourth-order valence-electron chi connectivity index (χ4n) is 7.83. The molecule has 4 aromatic rings. The number of carbonyl (C=O) groups excluding carboxylic acids is 2. The lowest BCUT2D eigenvalue weighted by atomic mass is 9.62. The highest BCUT2D eigenvalue weighted by molar-refractivity contribution is 6.22. The first-order valence-corrected chi connectivity index (χ1v) is 14.6. The summed E-state index contributed by atoms with van der Waals surface area (Å²) in [6.07, 6.45) is 0. The van der Waals surface area contributed by atoms with E-state index in [1.165, 1.54) is 4.90 Å². The second-order valence-electron chi connectivity index (χ2n) is 12.0. The maximum atomic E-state index is 14.8. The molecule has 0 bridgehead atoms. The number of nitrogens with zero attached hydrogens (tertiary/aromatic N) is 3. The number of nitrogens with one attached hydrogen (secondary N) is 1. The lowest BCUT2D eigenvalue weighted by Crippen LogP contribution is -2.58. The van der Waals surface area contributed by atoms with E-state index >= 15 is 0 Å².